The first-order valence-corrected chi connectivity index (χ1v) is 8.87. The van der Waals surface area contributed by atoms with Crippen LogP contribution in [0.15, 0.2) is 11.6 Å². The number of ether oxygens (including phenoxy) is 1. The van der Waals surface area contributed by atoms with Gasteiger partial charge in [-0.15, -0.1) is 11.3 Å². The monoisotopic (exact) mass is 323 g/mol. The topological polar surface area (TPSA) is 54.9 Å². The van der Waals surface area contributed by atoms with Crippen LogP contribution >= 0.6 is 11.3 Å². The van der Waals surface area contributed by atoms with Crippen LogP contribution in [0.4, 0.5) is 0 Å². The Hall–Kier alpha value is -1.02. The molecule has 4 heterocycles. The summed E-state index contributed by atoms with van der Waals surface area (Å²) in [5.41, 5.74) is 0. The highest BCUT2D eigenvalue weighted by molar-refractivity contribution is 7.09. The summed E-state index contributed by atoms with van der Waals surface area (Å²) in [7, 11) is 0. The molecule has 7 heteroatoms. The van der Waals surface area contributed by atoms with E-state index in [9.17, 15) is 4.79 Å². The number of thiazole rings is 1. The van der Waals surface area contributed by atoms with Crippen LogP contribution in [0.25, 0.3) is 0 Å². The molecule has 3 saturated heterocycles. The highest BCUT2D eigenvalue weighted by Gasteiger charge is 2.43. The fourth-order valence-corrected chi connectivity index (χ4v) is 4.38. The lowest BCUT2D eigenvalue weighted by Gasteiger charge is -2.40. The van der Waals surface area contributed by atoms with Crippen molar-refractivity contribution < 1.29 is 14.4 Å². The molecule has 22 heavy (non-hydrogen) atoms. The van der Waals surface area contributed by atoms with Gasteiger partial charge in [0.2, 0.25) is 0 Å². The van der Waals surface area contributed by atoms with E-state index in [2.05, 4.69) is 9.88 Å². The van der Waals surface area contributed by atoms with Crippen LogP contribution in [0.2, 0.25) is 0 Å². The Balaban J connectivity index is 1.48. The second-order valence-electron chi connectivity index (χ2n) is 6.18. The number of aromatic nitrogens is 1. The third-order valence-electron chi connectivity index (χ3n) is 4.78. The van der Waals surface area contributed by atoms with Crippen LogP contribution < -0.4 is 0 Å². The quantitative estimate of drug-likeness (QED) is 0.839. The van der Waals surface area contributed by atoms with Gasteiger partial charge >= 0.3 is 0 Å². The molecule has 0 aliphatic carbocycles. The molecule has 120 valence electrons. The molecular weight excluding hydrogens is 302 g/mol. The van der Waals surface area contributed by atoms with Crippen molar-refractivity contribution in [2.45, 2.75) is 38.0 Å². The molecule has 3 aliphatic heterocycles. The fourth-order valence-electron chi connectivity index (χ4n) is 3.74. The van der Waals surface area contributed by atoms with Crippen LogP contribution in [0, 0.1) is 5.92 Å². The van der Waals surface area contributed by atoms with Crippen molar-refractivity contribution in [3.05, 3.63) is 16.6 Å². The molecular formula is C15H21N3O3S. The molecule has 1 aromatic heterocycles. The summed E-state index contributed by atoms with van der Waals surface area (Å²) < 4.78 is 5.88. The predicted molar refractivity (Wildman–Crippen MR) is 81.1 cm³/mol. The molecule has 3 fully saturated rings. The second kappa shape index (κ2) is 6.23. The number of carbonyl (C=O) groups is 1. The van der Waals surface area contributed by atoms with Gasteiger partial charge in [-0.1, -0.05) is 0 Å². The van der Waals surface area contributed by atoms with Gasteiger partial charge in [0, 0.05) is 30.8 Å². The zero-order chi connectivity index (χ0) is 14.9. The van der Waals surface area contributed by atoms with Crippen molar-refractivity contribution in [2.24, 2.45) is 5.92 Å². The fraction of sp³-hybridized carbons (Fsp3) is 0.733. The number of hydrogen-bond acceptors (Lipinski definition) is 6. The van der Waals surface area contributed by atoms with Crippen molar-refractivity contribution in [3.63, 3.8) is 0 Å². The number of likely N-dealkylation sites (tertiary alicyclic amines) is 1. The highest BCUT2D eigenvalue weighted by atomic mass is 32.1. The van der Waals surface area contributed by atoms with Gasteiger partial charge < -0.3 is 4.74 Å². The van der Waals surface area contributed by atoms with E-state index in [4.69, 9.17) is 9.57 Å². The first-order chi connectivity index (χ1) is 10.8. The molecule has 0 unspecified atom stereocenters. The molecule has 3 atom stereocenters. The van der Waals surface area contributed by atoms with E-state index in [0.29, 0.717) is 12.6 Å². The minimum Gasteiger partial charge on any atom is -0.377 e. The first-order valence-electron chi connectivity index (χ1n) is 7.99. The third kappa shape index (κ3) is 2.78. The molecule has 1 amide bonds. The first kappa shape index (κ1) is 14.6. The van der Waals surface area contributed by atoms with Crippen molar-refractivity contribution in [2.75, 3.05) is 26.3 Å². The van der Waals surface area contributed by atoms with E-state index in [1.165, 1.54) is 0 Å². The van der Waals surface area contributed by atoms with E-state index in [0.717, 1.165) is 50.5 Å². The van der Waals surface area contributed by atoms with Crippen molar-refractivity contribution >= 4 is 17.2 Å². The highest BCUT2D eigenvalue weighted by Crippen LogP contribution is 2.33. The lowest BCUT2D eigenvalue weighted by atomic mass is 9.89. The average Bonchev–Trinajstić information content (AvgIpc) is 3.27. The normalized spacial score (nSPS) is 32.4. The van der Waals surface area contributed by atoms with E-state index < -0.39 is 0 Å². The molecule has 3 aliphatic rings. The zero-order valence-corrected chi connectivity index (χ0v) is 13.3. The SMILES string of the molecule is O=C([C@H]1C[C@H]2OCC[C@H]2N(Cc2nccs2)C1)N1CCCO1. The molecule has 6 nitrogen and oxygen atoms in total. The lowest BCUT2D eigenvalue weighted by molar-refractivity contribution is -0.177. The average molecular weight is 323 g/mol. The maximum Gasteiger partial charge on any atom is 0.250 e. The largest absolute Gasteiger partial charge is 0.377 e. The standard InChI is InChI=1S/C15H21N3O3S/c19-15(18-4-1-5-21-18)11-8-13-12(2-6-20-13)17(9-11)10-14-16-3-7-22-14/h3,7,11-13H,1-2,4-6,8-10H2/t11-,12+,13+/m0/s1. The van der Waals surface area contributed by atoms with Crippen LogP contribution in [0.1, 0.15) is 24.3 Å². The molecule has 1 aromatic rings. The summed E-state index contributed by atoms with van der Waals surface area (Å²) in [6.45, 7) is 3.76. The minimum absolute atomic E-state index is 0.0302. The number of amides is 1. The van der Waals surface area contributed by atoms with E-state index in [-0.39, 0.29) is 17.9 Å². The summed E-state index contributed by atoms with van der Waals surface area (Å²) in [5.74, 6) is 0.0907. The summed E-state index contributed by atoms with van der Waals surface area (Å²) >= 11 is 1.67. The maximum absolute atomic E-state index is 12.6. The van der Waals surface area contributed by atoms with Gasteiger partial charge in [0.1, 0.15) is 5.01 Å². The maximum atomic E-state index is 12.6. The van der Waals surface area contributed by atoms with Crippen LogP contribution in [-0.4, -0.2) is 59.3 Å². The lowest BCUT2D eigenvalue weighted by Crippen LogP contribution is -2.52. The van der Waals surface area contributed by atoms with E-state index >= 15 is 0 Å². The summed E-state index contributed by atoms with van der Waals surface area (Å²) in [5, 5.41) is 4.67. The van der Waals surface area contributed by atoms with Gasteiger partial charge in [-0.05, 0) is 19.3 Å². The summed E-state index contributed by atoms with van der Waals surface area (Å²) in [6.07, 6.45) is 4.82. The molecule has 0 saturated carbocycles. The van der Waals surface area contributed by atoms with Gasteiger partial charge in [-0.25, -0.2) is 10.0 Å². The smallest absolute Gasteiger partial charge is 0.250 e. The Labute approximate surface area is 134 Å². The summed E-state index contributed by atoms with van der Waals surface area (Å²) in [4.78, 5) is 24.9. The van der Waals surface area contributed by atoms with Gasteiger partial charge in [0.25, 0.3) is 5.91 Å². The Morgan fingerprint density at radius 1 is 1.45 bits per heavy atom. The minimum atomic E-state index is -0.0302. The van der Waals surface area contributed by atoms with Gasteiger partial charge in [0.15, 0.2) is 0 Å². The number of nitrogens with zero attached hydrogens (tertiary/aromatic N) is 3. The molecule has 0 radical (unpaired) electrons. The molecule has 0 bridgehead atoms. The van der Waals surface area contributed by atoms with E-state index in [1.807, 2.05) is 11.6 Å². The van der Waals surface area contributed by atoms with Crippen molar-refractivity contribution in [1.82, 2.24) is 14.9 Å². The van der Waals surface area contributed by atoms with Gasteiger partial charge in [-0.2, -0.15) is 0 Å². The van der Waals surface area contributed by atoms with Gasteiger partial charge in [-0.3, -0.25) is 14.5 Å². The van der Waals surface area contributed by atoms with Crippen molar-refractivity contribution in [3.8, 4) is 0 Å². The zero-order valence-electron chi connectivity index (χ0n) is 12.5. The molecule has 0 aromatic carbocycles. The van der Waals surface area contributed by atoms with Crippen LogP contribution in [-0.2, 0) is 20.9 Å². The number of fused-ring (bicyclic) bond motifs is 1. The Bertz CT molecular complexity index is 518. The molecule has 0 spiro atoms. The number of carbonyl (C=O) groups excluding carboxylic acids is 1. The Morgan fingerprint density at radius 2 is 2.41 bits per heavy atom. The third-order valence-corrected chi connectivity index (χ3v) is 5.55. The van der Waals surface area contributed by atoms with Crippen LogP contribution in [0.5, 0.6) is 0 Å². The second-order valence-corrected chi connectivity index (χ2v) is 7.16. The van der Waals surface area contributed by atoms with E-state index in [1.54, 1.807) is 16.4 Å². The molecule has 4 rings (SSSR count). The number of piperidine rings is 1. The van der Waals surface area contributed by atoms with Crippen LogP contribution in [0.3, 0.4) is 0 Å². The number of hydroxylamine groups is 2. The van der Waals surface area contributed by atoms with Gasteiger partial charge in [0.05, 0.1) is 31.7 Å². The number of hydrogen-bond donors (Lipinski definition) is 0. The van der Waals surface area contributed by atoms with Crippen molar-refractivity contribution in [1.29, 1.82) is 0 Å². The Kier molecular flexibility index (Phi) is 4.13. The predicted octanol–water partition coefficient (Wildman–Crippen LogP) is 1.29. The molecule has 0 N–H and O–H groups in total. The number of rotatable bonds is 3. The summed E-state index contributed by atoms with van der Waals surface area (Å²) in [6, 6.07) is 0.424. The Morgan fingerprint density at radius 3 is 3.18 bits per heavy atom.